The van der Waals surface area contributed by atoms with Crippen molar-refractivity contribution in [1.82, 2.24) is 14.9 Å². The van der Waals surface area contributed by atoms with E-state index in [9.17, 15) is 4.79 Å². The van der Waals surface area contributed by atoms with Crippen LogP contribution in [-0.2, 0) is 25.0 Å². The van der Waals surface area contributed by atoms with Gasteiger partial charge in [-0.1, -0.05) is 41.6 Å². The van der Waals surface area contributed by atoms with E-state index in [-0.39, 0.29) is 17.8 Å². The van der Waals surface area contributed by atoms with Crippen LogP contribution in [0.2, 0.25) is 5.02 Å². The average Bonchev–Trinajstić information content (AvgIpc) is 2.86. The molecule has 1 aromatic heterocycles. The molecule has 5 nitrogen and oxygen atoms in total. The number of amides is 1. The Morgan fingerprint density at radius 2 is 2.23 bits per heavy atom. The molecule has 118 valence electrons. The molecule has 1 unspecified atom stereocenters. The number of aliphatic hydroxyl groups excluding tert-OH is 1. The van der Waals surface area contributed by atoms with Crippen molar-refractivity contribution in [3.63, 3.8) is 0 Å². The van der Waals surface area contributed by atoms with Crippen molar-refractivity contribution in [2.24, 2.45) is 7.05 Å². The second-order valence-electron chi connectivity index (χ2n) is 4.82. The third kappa shape index (κ3) is 4.03. The van der Waals surface area contributed by atoms with Crippen LogP contribution < -0.4 is 5.32 Å². The van der Waals surface area contributed by atoms with Crippen molar-refractivity contribution in [2.75, 3.05) is 0 Å². The first-order valence-corrected chi connectivity index (χ1v) is 8.08. The summed E-state index contributed by atoms with van der Waals surface area (Å²) in [5.41, 5.74) is 1.60. The molecule has 0 bridgehead atoms. The summed E-state index contributed by atoms with van der Waals surface area (Å²) >= 11 is 7.41. The molecule has 2 N–H and O–H groups in total. The van der Waals surface area contributed by atoms with Gasteiger partial charge in [-0.3, -0.25) is 4.79 Å². The Labute approximate surface area is 138 Å². The van der Waals surface area contributed by atoms with Crippen molar-refractivity contribution in [1.29, 1.82) is 0 Å². The van der Waals surface area contributed by atoms with Crippen LogP contribution in [0.5, 0.6) is 0 Å². The lowest BCUT2D eigenvalue weighted by molar-refractivity contribution is -0.120. The zero-order valence-corrected chi connectivity index (χ0v) is 14.0. The minimum absolute atomic E-state index is 0.0723. The Bertz CT molecular complexity index is 660. The minimum Gasteiger partial charge on any atom is -0.390 e. The van der Waals surface area contributed by atoms with Gasteiger partial charge in [-0.25, -0.2) is 4.98 Å². The zero-order valence-electron chi connectivity index (χ0n) is 12.4. The van der Waals surface area contributed by atoms with Crippen molar-refractivity contribution < 1.29 is 9.90 Å². The van der Waals surface area contributed by atoms with Gasteiger partial charge in [0.15, 0.2) is 5.16 Å². The Morgan fingerprint density at radius 1 is 1.50 bits per heavy atom. The molecule has 1 aromatic carbocycles. The monoisotopic (exact) mass is 339 g/mol. The van der Waals surface area contributed by atoms with Crippen molar-refractivity contribution in [3.8, 4) is 0 Å². The maximum atomic E-state index is 12.2. The number of imidazole rings is 1. The van der Waals surface area contributed by atoms with Gasteiger partial charge in [0.25, 0.3) is 0 Å². The zero-order chi connectivity index (χ0) is 16.1. The summed E-state index contributed by atoms with van der Waals surface area (Å²) in [6.45, 7) is 2.14. The van der Waals surface area contributed by atoms with Crippen molar-refractivity contribution in [3.05, 3.63) is 46.7 Å². The fraction of sp³-hybridized carbons (Fsp3) is 0.333. The molecule has 0 fully saturated rings. The lowest BCUT2D eigenvalue weighted by Gasteiger charge is -2.12. The number of nitrogens with one attached hydrogen (secondary N) is 1. The van der Waals surface area contributed by atoms with Crippen LogP contribution in [0.3, 0.4) is 0 Å². The average molecular weight is 340 g/mol. The molecule has 0 spiro atoms. The van der Waals surface area contributed by atoms with Gasteiger partial charge in [-0.15, -0.1) is 0 Å². The number of hydrogen-bond donors (Lipinski definition) is 2. The number of benzene rings is 1. The van der Waals surface area contributed by atoms with Crippen LogP contribution in [0.15, 0.2) is 35.6 Å². The highest BCUT2D eigenvalue weighted by Crippen LogP contribution is 2.23. The number of carbonyl (C=O) groups is 1. The van der Waals surface area contributed by atoms with E-state index < -0.39 is 0 Å². The highest BCUT2D eigenvalue weighted by Gasteiger charge is 2.17. The first-order chi connectivity index (χ1) is 10.5. The van der Waals surface area contributed by atoms with Crippen LogP contribution in [0.1, 0.15) is 18.2 Å². The number of nitrogens with zero attached hydrogens (tertiary/aromatic N) is 2. The van der Waals surface area contributed by atoms with Gasteiger partial charge >= 0.3 is 0 Å². The summed E-state index contributed by atoms with van der Waals surface area (Å²) in [5, 5.41) is 13.1. The normalized spacial score (nSPS) is 12.2. The Balaban J connectivity index is 1.92. The smallest absolute Gasteiger partial charge is 0.233 e. The number of aliphatic hydroxyl groups is 1. The maximum Gasteiger partial charge on any atom is 0.233 e. The van der Waals surface area contributed by atoms with E-state index in [0.717, 1.165) is 5.56 Å². The number of hydrogen-bond acceptors (Lipinski definition) is 4. The predicted octanol–water partition coefficient (Wildman–Crippen LogP) is 2.36. The van der Waals surface area contributed by atoms with Crippen LogP contribution in [0.25, 0.3) is 0 Å². The molecule has 7 heteroatoms. The maximum absolute atomic E-state index is 12.2. The molecule has 2 aromatic rings. The molecule has 0 aliphatic rings. The SMILES string of the molecule is CC(Sc1ncc(CO)n1C)C(=O)NCc1ccccc1Cl. The molecular formula is C15H18ClN3O2S. The van der Waals surface area contributed by atoms with Gasteiger partial charge in [-0.2, -0.15) is 0 Å². The minimum atomic E-state index is -0.296. The molecular weight excluding hydrogens is 322 g/mol. The molecule has 1 amide bonds. The molecule has 1 heterocycles. The van der Waals surface area contributed by atoms with Gasteiger partial charge in [0.2, 0.25) is 5.91 Å². The van der Waals surface area contributed by atoms with E-state index in [1.807, 2.05) is 32.2 Å². The second-order valence-corrected chi connectivity index (χ2v) is 6.53. The highest BCUT2D eigenvalue weighted by molar-refractivity contribution is 8.00. The lowest BCUT2D eigenvalue weighted by atomic mass is 10.2. The number of halogens is 1. The summed E-state index contributed by atoms with van der Waals surface area (Å²) in [6.07, 6.45) is 1.61. The predicted molar refractivity (Wildman–Crippen MR) is 87.7 cm³/mol. The standard InChI is InChI=1S/C15H18ClN3O2S/c1-10(22-15-18-8-12(9-20)19(15)2)14(21)17-7-11-5-3-4-6-13(11)16/h3-6,8,10,20H,7,9H2,1-2H3,(H,17,21). The van der Waals surface area contributed by atoms with Crippen LogP contribution >= 0.6 is 23.4 Å². The summed E-state index contributed by atoms with van der Waals surface area (Å²) in [5.74, 6) is -0.0848. The largest absolute Gasteiger partial charge is 0.390 e. The summed E-state index contributed by atoms with van der Waals surface area (Å²) in [6, 6.07) is 7.42. The molecule has 2 rings (SSSR count). The van der Waals surface area contributed by atoms with Gasteiger partial charge in [0.05, 0.1) is 23.7 Å². The third-order valence-corrected chi connectivity index (χ3v) is 4.79. The highest BCUT2D eigenvalue weighted by atomic mass is 35.5. The van der Waals surface area contributed by atoms with Gasteiger partial charge in [0, 0.05) is 18.6 Å². The topological polar surface area (TPSA) is 67.2 Å². The molecule has 0 saturated heterocycles. The van der Waals surface area contributed by atoms with Gasteiger partial charge < -0.3 is 15.0 Å². The van der Waals surface area contributed by atoms with E-state index in [1.165, 1.54) is 11.8 Å². The van der Waals surface area contributed by atoms with Crippen LogP contribution in [0.4, 0.5) is 0 Å². The van der Waals surface area contributed by atoms with E-state index in [2.05, 4.69) is 10.3 Å². The Morgan fingerprint density at radius 3 is 2.86 bits per heavy atom. The quantitative estimate of drug-likeness (QED) is 0.793. The first kappa shape index (κ1) is 16.9. The first-order valence-electron chi connectivity index (χ1n) is 6.82. The molecule has 22 heavy (non-hydrogen) atoms. The Kier molecular flexibility index (Phi) is 5.88. The number of aromatic nitrogens is 2. The van der Waals surface area contributed by atoms with Gasteiger partial charge in [0.1, 0.15) is 0 Å². The number of carbonyl (C=O) groups excluding carboxylic acids is 1. The third-order valence-electron chi connectivity index (χ3n) is 3.27. The molecule has 0 aliphatic carbocycles. The summed E-state index contributed by atoms with van der Waals surface area (Å²) in [7, 11) is 1.81. The van der Waals surface area contributed by atoms with Crippen LogP contribution in [-0.4, -0.2) is 25.8 Å². The molecule has 0 radical (unpaired) electrons. The van der Waals surface area contributed by atoms with Gasteiger partial charge in [-0.05, 0) is 18.6 Å². The fourth-order valence-electron chi connectivity index (χ4n) is 1.86. The second kappa shape index (κ2) is 7.67. The fourth-order valence-corrected chi connectivity index (χ4v) is 2.96. The van der Waals surface area contributed by atoms with E-state index in [4.69, 9.17) is 16.7 Å². The van der Waals surface area contributed by atoms with E-state index in [1.54, 1.807) is 16.8 Å². The summed E-state index contributed by atoms with van der Waals surface area (Å²) < 4.78 is 1.78. The number of rotatable bonds is 6. The lowest BCUT2D eigenvalue weighted by Crippen LogP contribution is -2.30. The summed E-state index contributed by atoms with van der Waals surface area (Å²) in [4.78, 5) is 16.4. The molecule has 0 aliphatic heterocycles. The van der Waals surface area contributed by atoms with E-state index in [0.29, 0.717) is 22.4 Å². The van der Waals surface area contributed by atoms with E-state index >= 15 is 0 Å². The van der Waals surface area contributed by atoms with Crippen molar-refractivity contribution >= 4 is 29.3 Å². The van der Waals surface area contributed by atoms with Crippen molar-refractivity contribution in [2.45, 2.75) is 30.5 Å². The number of thioether (sulfide) groups is 1. The van der Waals surface area contributed by atoms with Crippen LogP contribution in [0, 0.1) is 0 Å². The molecule has 1 atom stereocenters. The Hall–Kier alpha value is -1.50. The molecule has 0 saturated carbocycles.